The van der Waals surface area contributed by atoms with Gasteiger partial charge >= 0.3 is 0 Å². The van der Waals surface area contributed by atoms with Gasteiger partial charge in [0, 0.05) is 45.3 Å². The highest BCUT2D eigenvalue weighted by atomic mass is 35.5. The van der Waals surface area contributed by atoms with Crippen LogP contribution < -0.4 is 10.6 Å². The van der Waals surface area contributed by atoms with Gasteiger partial charge in [0.15, 0.2) is 11.4 Å². The van der Waals surface area contributed by atoms with Crippen molar-refractivity contribution in [3.05, 3.63) is 17.1 Å². The fourth-order valence-electron chi connectivity index (χ4n) is 3.85. The Labute approximate surface area is 174 Å². The first-order valence-corrected chi connectivity index (χ1v) is 10.3. The predicted octanol–water partition coefficient (Wildman–Crippen LogP) is 1.09. The number of aromatic nitrogens is 2. The van der Waals surface area contributed by atoms with E-state index in [0.717, 1.165) is 56.4 Å². The number of nitrogens with zero attached hydrogens (tertiary/aromatic N) is 5. The smallest absolute Gasteiger partial charge is 0.237 e. The molecule has 158 valence electrons. The number of piperazine rings is 1. The van der Waals surface area contributed by atoms with E-state index in [1.807, 2.05) is 19.9 Å². The summed E-state index contributed by atoms with van der Waals surface area (Å²) in [6, 6.07) is 1.94. The molecule has 0 aliphatic carbocycles. The molecule has 2 fully saturated rings. The van der Waals surface area contributed by atoms with Crippen molar-refractivity contribution in [3.8, 4) is 0 Å². The van der Waals surface area contributed by atoms with Gasteiger partial charge in [-0.2, -0.15) is 4.98 Å². The maximum atomic E-state index is 11.7. The second-order valence-electron chi connectivity index (χ2n) is 8.03. The van der Waals surface area contributed by atoms with Crippen molar-refractivity contribution in [2.45, 2.75) is 25.9 Å². The summed E-state index contributed by atoms with van der Waals surface area (Å²) in [5, 5.41) is 0.216. The number of rotatable bonds is 5. The zero-order chi connectivity index (χ0) is 20.6. The highest BCUT2D eigenvalue weighted by Crippen LogP contribution is 2.29. The molecule has 0 aromatic carbocycles. The average Bonchev–Trinajstić information content (AvgIpc) is 3.10. The first-order valence-electron chi connectivity index (χ1n) is 9.90. The fraction of sp³-hybridized carbons (Fsp3) is 0.632. The molecule has 2 saturated heterocycles. The van der Waals surface area contributed by atoms with Gasteiger partial charge in [-0.15, -0.1) is 0 Å². The number of hydrogen-bond donors (Lipinski definition) is 1. The Hall–Kier alpha value is -1.94. The molecule has 0 bridgehead atoms. The fourth-order valence-corrected chi connectivity index (χ4v) is 4.02. The van der Waals surface area contributed by atoms with Crippen molar-refractivity contribution in [3.63, 3.8) is 0 Å². The van der Waals surface area contributed by atoms with E-state index in [-0.39, 0.29) is 11.2 Å². The highest BCUT2D eigenvalue weighted by Gasteiger charge is 2.34. The number of morpholine rings is 1. The minimum atomic E-state index is -0.634. The van der Waals surface area contributed by atoms with Gasteiger partial charge in [0.1, 0.15) is 11.3 Å². The van der Waals surface area contributed by atoms with E-state index in [1.165, 1.54) is 0 Å². The highest BCUT2D eigenvalue weighted by molar-refractivity contribution is 6.28. The number of primary amides is 1. The number of nitrogens with two attached hydrogens (primary N) is 1. The van der Waals surface area contributed by atoms with Crippen LogP contribution >= 0.6 is 11.6 Å². The molecule has 9 nitrogen and oxygen atoms in total. The molecule has 2 aromatic rings. The molecule has 4 rings (SSSR count). The molecular formula is C19H27ClN6O3. The molecule has 0 spiro atoms. The number of carbonyl (C=O) groups is 1. The molecule has 2 aromatic heterocycles. The van der Waals surface area contributed by atoms with Gasteiger partial charge in [-0.25, -0.2) is 4.98 Å². The van der Waals surface area contributed by atoms with Crippen LogP contribution in [-0.4, -0.2) is 83.7 Å². The van der Waals surface area contributed by atoms with Crippen molar-refractivity contribution in [1.82, 2.24) is 19.8 Å². The van der Waals surface area contributed by atoms with Crippen LogP contribution in [0.5, 0.6) is 0 Å². The minimum absolute atomic E-state index is 0.216. The average molecular weight is 423 g/mol. The standard InChI is InChI=1S/C19H27ClN6O3/c1-19(2,17(21)27)26-5-3-24(4-6-26)12-13-11-14-15(29-13)16(23-18(20)22-14)25-7-9-28-10-8-25/h11H,3-10,12H2,1-2H3,(H2,21,27). The number of halogens is 1. The third-order valence-electron chi connectivity index (χ3n) is 5.83. The Kier molecular flexibility index (Phi) is 5.65. The molecule has 2 aliphatic rings. The second-order valence-corrected chi connectivity index (χ2v) is 8.37. The van der Waals surface area contributed by atoms with Crippen LogP contribution in [0.15, 0.2) is 10.5 Å². The van der Waals surface area contributed by atoms with Crippen molar-refractivity contribution in [2.75, 3.05) is 57.4 Å². The Morgan fingerprint density at radius 3 is 2.52 bits per heavy atom. The Balaban J connectivity index is 1.47. The maximum Gasteiger partial charge on any atom is 0.237 e. The van der Waals surface area contributed by atoms with E-state index >= 15 is 0 Å². The number of amides is 1. The van der Waals surface area contributed by atoms with Crippen LogP contribution in [0, 0.1) is 0 Å². The van der Waals surface area contributed by atoms with Gasteiger partial charge in [-0.1, -0.05) is 0 Å². The monoisotopic (exact) mass is 422 g/mol. The van der Waals surface area contributed by atoms with Gasteiger partial charge < -0.3 is 19.8 Å². The molecule has 0 radical (unpaired) electrons. The van der Waals surface area contributed by atoms with E-state index in [4.69, 9.17) is 26.5 Å². The molecule has 0 unspecified atom stereocenters. The number of fused-ring (bicyclic) bond motifs is 1. The summed E-state index contributed by atoms with van der Waals surface area (Å²) in [7, 11) is 0. The van der Waals surface area contributed by atoms with Crippen molar-refractivity contribution >= 4 is 34.4 Å². The number of anilines is 1. The lowest BCUT2D eigenvalue weighted by Crippen LogP contribution is -2.59. The van der Waals surface area contributed by atoms with E-state index in [1.54, 1.807) is 0 Å². The summed E-state index contributed by atoms with van der Waals surface area (Å²) in [4.78, 5) is 27.0. The van der Waals surface area contributed by atoms with Crippen LogP contribution in [0.2, 0.25) is 5.28 Å². The lowest BCUT2D eigenvalue weighted by molar-refractivity contribution is -0.129. The van der Waals surface area contributed by atoms with E-state index < -0.39 is 5.54 Å². The lowest BCUT2D eigenvalue weighted by atomic mass is 10.0. The maximum absolute atomic E-state index is 11.7. The second kappa shape index (κ2) is 8.06. The zero-order valence-corrected chi connectivity index (χ0v) is 17.6. The van der Waals surface area contributed by atoms with Gasteiger partial charge in [-0.05, 0) is 25.4 Å². The quantitative estimate of drug-likeness (QED) is 0.715. The predicted molar refractivity (Wildman–Crippen MR) is 110 cm³/mol. The molecule has 2 aliphatic heterocycles. The zero-order valence-electron chi connectivity index (χ0n) is 16.9. The molecular weight excluding hydrogens is 396 g/mol. The molecule has 1 amide bonds. The number of ether oxygens (including phenoxy) is 1. The minimum Gasteiger partial charge on any atom is -0.454 e. The molecule has 4 heterocycles. The third kappa shape index (κ3) is 4.18. The van der Waals surface area contributed by atoms with E-state index in [2.05, 4.69) is 24.7 Å². The van der Waals surface area contributed by atoms with Crippen LogP contribution in [-0.2, 0) is 16.1 Å². The number of carbonyl (C=O) groups excluding carboxylic acids is 1. The topological polar surface area (TPSA) is 101 Å². The lowest BCUT2D eigenvalue weighted by Gasteiger charge is -2.42. The summed E-state index contributed by atoms with van der Waals surface area (Å²) in [6.45, 7) is 10.4. The van der Waals surface area contributed by atoms with Crippen molar-refractivity contribution < 1.29 is 13.9 Å². The van der Waals surface area contributed by atoms with Crippen LogP contribution in [0.25, 0.3) is 11.1 Å². The van der Waals surface area contributed by atoms with Crippen molar-refractivity contribution in [2.24, 2.45) is 5.73 Å². The van der Waals surface area contributed by atoms with Gasteiger partial charge in [0.25, 0.3) is 0 Å². The summed E-state index contributed by atoms with van der Waals surface area (Å²) >= 11 is 6.15. The third-order valence-corrected chi connectivity index (χ3v) is 6.00. The molecule has 0 atom stereocenters. The first-order chi connectivity index (χ1) is 13.8. The molecule has 29 heavy (non-hydrogen) atoms. The van der Waals surface area contributed by atoms with E-state index in [9.17, 15) is 4.79 Å². The van der Waals surface area contributed by atoms with Crippen LogP contribution in [0.1, 0.15) is 19.6 Å². The van der Waals surface area contributed by atoms with Gasteiger partial charge in [0.05, 0.1) is 25.3 Å². The van der Waals surface area contributed by atoms with Gasteiger partial charge in [-0.3, -0.25) is 14.6 Å². The van der Waals surface area contributed by atoms with Crippen LogP contribution in [0.3, 0.4) is 0 Å². The Morgan fingerprint density at radius 1 is 1.17 bits per heavy atom. The van der Waals surface area contributed by atoms with E-state index in [0.29, 0.717) is 25.3 Å². The first kappa shape index (κ1) is 20.3. The number of furan rings is 1. The Morgan fingerprint density at radius 2 is 1.86 bits per heavy atom. The number of hydrogen-bond acceptors (Lipinski definition) is 8. The molecule has 10 heteroatoms. The van der Waals surface area contributed by atoms with Crippen LogP contribution in [0.4, 0.5) is 5.82 Å². The summed E-state index contributed by atoms with van der Waals surface area (Å²) < 4.78 is 11.6. The normalized spacial score (nSPS) is 19.8. The SMILES string of the molecule is CC(C)(C(N)=O)N1CCN(Cc2cc3nc(Cl)nc(N4CCOCC4)c3o2)CC1. The molecule has 0 saturated carbocycles. The summed E-state index contributed by atoms with van der Waals surface area (Å²) in [6.07, 6.45) is 0. The van der Waals surface area contributed by atoms with Crippen molar-refractivity contribution in [1.29, 1.82) is 0 Å². The summed E-state index contributed by atoms with van der Waals surface area (Å²) in [5.74, 6) is 1.26. The largest absolute Gasteiger partial charge is 0.454 e. The molecule has 2 N–H and O–H groups in total. The summed E-state index contributed by atoms with van der Waals surface area (Å²) in [5.41, 5.74) is 6.30. The van der Waals surface area contributed by atoms with Gasteiger partial charge in [0.2, 0.25) is 11.2 Å². The Bertz CT molecular complexity index is 887.